The molecule has 0 amide bonds. The second-order valence-electron chi connectivity index (χ2n) is 3.45. The Morgan fingerprint density at radius 3 is 2.30 bits per heavy atom. The van der Waals surface area contributed by atoms with Crippen LogP contribution in [-0.2, 0) is 12.5 Å². The lowest BCUT2D eigenvalue weighted by molar-refractivity contribution is -0.726. The zero-order valence-electron chi connectivity index (χ0n) is 6.88. The molecule has 1 heterocycles. The maximum Gasteiger partial charge on any atom is 0.252 e. The molecule has 0 spiro atoms. The molecule has 0 aliphatic heterocycles. The van der Waals surface area contributed by atoms with Crippen molar-refractivity contribution in [2.75, 3.05) is 0 Å². The van der Waals surface area contributed by atoms with Crippen LogP contribution >= 0.6 is 11.3 Å². The van der Waals surface area contributed by atoms with Gasteiger partial charge < -0.3 is 0 Å². The van der Waals surface area contributed by atoms with Crippen LogP contribution < -0.4 is 4.68 Å². The summed E-state index contributed by atoms with van der Waals surface area (Å²) in [6.45, 7) is 6.52. The number of rotatable bonds is 0. The van der Waals surface area contributed by atoms with Crippen LogP contribution in [0.3, 0.4) is 0 Å². The van der Waals surface area contributed by atoms with E-state index in [9.17, 15) is 0 Å². The summed E-state index contributed by atoms with van der Waals surface area (Å²) >= 11 is 1.71. The zero-order chi connectivity index (χ0) is 7.78. The van der Waals surface area contributed by atoms with Gasteiger partial charge in [-0.25, -0.2) is 0 Å². The van der Waals surface area contributed by atoms with Crippen molar-refractivity contribution in [3.8, 4) is 0 Å². The second-order valence-corrected chi connectivity index (χ2v) is 4.29. The van der Waals surface area contributed by atoms with Gasteiger partial charge >= 0.3 is 0 Å². The minimum Gasteiger partial charge on any atom is -0.0829 e. The Kier molecular flexibility index (Phi) is 1.77. The summed E-state index contributed by atoms with van der Waals surface area (Å²) in [6, 6.07) is 0. The molecule has 0 aromatic carbocycles. The summed E-state index contributed by atoms with van der Waals surface area (Å²) in [5.74, 6) is 0. The summed E-state index contributed by atoms with van der Waals surface area (Å²) < 4.78 is 1.85. The Bertz CT molecular complexity index is 222. The fourth-order valence-electron chi connectivity index (χ4n) is 0.643. The molecule has 3 heteroatoms. The number of aromatic nitrogens is 2. The smallest absolute Gasteiger partial charge is 0.0829 e. The van der Waals surface area contributed by atoms with Gasteiger partial charge in [0.25, 0.3) is 5.51 Å². The molecule has 0 N–H and O–H groups in total. The third-order valence-corrected chi connectivity index (χ3v) is 2.53. The zero-order valence-corrected chi connectivity index (χ0v) is 7.70. The fourth-order valence-corrected chi connectivity index (χ4v) is 1.47. The van der Waals surface area contributed by atoms with Crippen molar-refractivity contribution in [3.63, 3.8) is 0 Å². The van der Waals surface area contributed by atoms with Gasteiger partial charge in [-0.3, -0.25) is 0 Å². The lowest BCUT2D eigenvalue weighted by Gasteiger charge is -2.10. The first kappa shape index (κ1) is 7.66. The van der Waals surface area contributed by atoms with E-state index in [1.807, 2.05) is 17.2 Å². The maximum atomic E-state index is 4.32. The summed E-state index contributed by atoms with van der Waals surface area (Å²) in [6.07, 6.45) is 0. The molecule has 0 aliphatic carbocycles. The largest absolute Gasteiger partial charge is 0.252 e. The Hall–Kier alpha value is -0.440. The molecule has 1 aromatic heterocycles. The molecule has 0 radical (unpaired) electrons. The quantitative estimate of drug-likeness (QED) is 0.518. The van der Waals surface area contributed by atoms with E-state index in [-0.39, 0.29) is 5.41 Å². The lowest BCUT2D eigenvalue weighted by Crippen LogP contribution is -2.30. The molecule has 1 rings (SSSR count). The molecule has 0 saturated heterocycles. The first-order valence-electron chi connectivity index (χ1n) is 3.32. The number of aryl methyl sites for hydroxylation is 1. The predicted octanol–water partition coefficient (Wildman–Crippen LogP) is 1.27. The molecule has 1 aromatic rings. The highest BCUT2D eigenvalue weighted by atomic mass is 32.1. The van der Waals surface area contributed by atoms with Crippen molar-refractivity contribution in [2.45, 2.75) is 26.2 Å². The van der Waals surface area contributed by atoms with Crippen molar-refractivity contribution in [1.82, 2.24) is 5.10 Å². The number of hydrogen-bond acceptors (Lipinski definition) is 2. The van der Waals surface area contributed by atoms with E-state index in [0.717, 1.165) is 0 Å². The van der Waals surface area contributed by atoms with E-state index >= 15 is 0 Å². The van der Waals surface area contributed by atoms with E-state index in [1.54, 1.807) is 11.3 Å². The third-order valence-electron chi connectivity index (χ3n) is 1.21. The van der Waals surface area contributed by atoms with Crippen LogP contribution in [0, 0.1) is 0 Å². The van der Waals surface area contributed by atoms with E-state index in [1.165, 1.54) is 5.01 Å². The van der Waals surface area contributed by atoms with Crippen LogP contribution in [0.4, 0.5) is 0 Å². The first-order valence-corrected chi connectivity index (χ1v) is 4.20. The highest BCUT2D eigenvalue weighted by Gasteiger charge is 2.20. The van der Waals surface area contributed by atoms with Gasteiger partial charge in [-0.15, -0.1) is 0 Å². The Morgan fingerprint density at radius 1 is 1.50 bits per heavy atom. The van der Waals surface area contributed by atoms with Gasteiger partial charge in [0, 0.05) is 10.5 Å². The van der Waals surface area contributed by atoms with Gasteiger partial charge in [0.2, 0.25) is 0 Å². The average molecular weight is 157 g/mol. The van der Waals surface area contributed by atoms with Crippen LogP contribution in [-0.4, -0.2) is 5.10 Å². The van der Waals surface area contributed by atoms with Crippen LogP contribution in [0.5, 0.6) is 0 Å². The number of hydrogen-bond donors (Lipinski definition) is 0. The summed E-state index contributed by atoms with van der Waals surface area (Å²) in [4.78, 5) is 0. The van der Waals surface area contributed by atoms with E-state index in [4.69, 9.17) is 0 Å². The van der Waals surface area contributed by atoms with Gasteiger partial charge in [0.15, 0.2) is 12.1 Å². The van der Waals surface area contributed by atoms with Gasteiger partial charge in [-0.1, -0.05) is 36.8 Å². The summed E-state index contributed by atoms with van der Waals surface area (Å²) in [5, 5.41) is 5.51. The van der Waals surface area contributed by atoms with Crippen molar-refractivity contribution in [1.29, 1.82) is 0 Å². The van der Waals surface area contributed by atoms with Gasteiger partial charge in [-0.2, -0.15) is 0 Å². The Morgan fingerprint density at radius 2 is 2.10 bits per heavy atom. The molecular weight excluding hydrogens is 144 g/mol. The minimum absolute atomic E-state index is 0.200. The van der Waals surface area contributed by atoms with Crippen molar-refractivity contribution < 1.29 is 4.68 Å². The summed E-state index contributed by atoms with van der Waals surface area (Å²) in [5.41, 5.74) is 2.21. The van der Waals surface area contributed by atoms with Crippen molar-refractivity contribution >= 4 is 11.3 Å². The van der Waals surface area contributed by atoms with Crippen molar-refractivity contribution in [2.24, 2.45) is 7.05 Å². The lowest BCUT2D eigenvalue weighted by atomic mass is 9.98. The molecule has 2 nitrogen and oxygen atoms in total. The summed E-state index contributed by atoms with van der Waals surface area (Å²) in [7, 11) is 1.95. The molecule has 0 atom stereocenters. The van der Waals surface area contributed by atoms with Crippen LogP contribution in [0.2, 0.25) is 0 Å². The van der Waals surface area contributed by atoms with Gasteiger partial charge in [-0.05, 0) is 0 Å². The average Bonchev–Trinajstić information content (AvgIpc) is 2.11. The van der Waals surface area contributed by atoms with E-state index in [0.29, 0.717) is 0 Å². The highest BCUT2D eigenvalue weighted by molar-refractivity contribution is 7.09. The van der Waals surface area contributed by atoms with E-state index in [2.05, 4.69) is 25.9 Å². The van der Waals surface area contributed by atoms with Gasteiger partial charge in [0.05, 0.1) is 0 Å². The van der Waals surface area contributed by atoms with Gasteiger partial charge in [0.1, 0.15) is 0 Å². The number of nitrogens with zero attached hydrogens (tertiary/aromatic N) is 2. The molecule has 0 bridgehead atoms. The monoisotopic (exact) mass is 157 g/mol. The van der Waals surface area contributed by atoms with E-state index < -0.39 is 0 Å². The Balaban J connectivity index is 2.96. The van der Waals surface area contributed by atoms with Crippen LogP contribution in [0.1, 0.15) is 25.8 Å². The molecule has 0 aliphatic rings. The first-order chi connectivity index (χ1) is 4.50. The van der Waals surface area contributed by atoms with Crippen molar-refractivity contribution in [3.05, 3.63) is 10.5 Å². The standard InChI is InChI=1S/C7H13N2S/c1-7(2,3)6-8-9(4)5-10-6/h5H,1-4H3/q+1. The molecule has 0 saturated carbocycles. The fraction of sp³-hybridized carbons (Fsp3) is 0.714. The predicted molar refractivity (Wildman–Crippen MR) is 42.0 cm³/mol. The maximum absolute atomic E-state index is 4.32. The molecule has 10 heavy (non-hydrogen) atoms. The highest BCUT2D eigenvalue weighted by Crippen LogP contribution is 2.21. The molecular formula is C7H13N2S+. The Labute approximate surface area is 65.5 Å². The second kappa shape index (κ2) is 2.31. The normalized spacial score (nSPS) is 12.0. The minimum atomic E-state index is 0.200. The molecule has 0 fully saturated rings. The topological polar surface area (TPSA) is 16.8 Å². The van der Waals surface area contributed by atoms with Crippen LogP contribution in [0.15, 0.2) is 5.51 Å². The molecule has 56 valence electrons. The SMILES string of the molecule is C[n+]1csc(C(C)(C)C)n1. The molecule has 0 unspecified atom stereocenters. The van der Waals surface area contributed by atoms with Crippen LogP contribution in [0.25, 0.3) is 0 Å². The third kappa shape index (κ3) is 1.53.